The van der Waals surface area contributed by atoms with Crippen LogP contribution in [0, 0.1) is 0 Å². The molecule has 2 heterocycles. The molecule has 0 radical (unpaired) electrons. The van der Waals surface area contributed by atoms with E-state index >= 15 is 0 Å². The number of carbonyl (C=O) groups is 1. The first-order chi connectivity index (χ1) is 7.70. The van der Waals surface area contributed by atoms with Gasteiger partial charge in [-0.05, 0) is 18.6 Å². The summed E-state index contributed by atoms with van der Waals surface area (Å²) in [6.07, 6.45) is 1.85. The number of aromatic nitrogens is 1. The molecule has 86 valence electrons. The van der Waals surface area contributed by atoms with Gasteiger partial charge >= 0.3 is 0 Å². The van der Waals surface area contributed by atoms with Gasteiger partial charge in [-0.15, -0.1) is 0 Å². The van der Waals surface area contributed by atoms with Gasteiger partial charge in [-0.25, -0.2) is 0 Å². The van der Waals surface area contributed by atoms with Crippen LogP contribution in [-0.2, 0) is 6.54 Å². The summed E-state index contributed by atoms with van der Waals surface area (Å²) in [4.78, 5) is 17.7. The van der Waals surface area contributed by atoms with Crippen molar-refractivity contribution >= 4 is 5.91 Å². The van der Waals surface area contributed by atoms with E-state index in [0.29, 0.717) is 37.3 Å². The Kier molecular flexibility index (Phi) is 3.17. The second-order valence-corrected chi connectivity index (χ2v) is 3.93. The Morgan fingerprint density at radius 3 is 3.12 bits per heavy atom. The van der Waals surface area contributed by atoms with E-state index in [4.69, 9.17) is 5.73 Å². The van der Waals surface area contributed by atoms with Crippen molar-refractivity contribution in [3.05, 3.63) is 29.6 Å². The molecule has 1 atom stereocenters. The summed E-state index contributed by atoms with van der Waals surface area (Å²) in [6.45, 7) is 1.35. The molecule has 1 amide bonds. The standard InChI is InChI=1S/C11H15N3O2/c12-6-9-5-8(1-3-13-9)11(16)14-4-2-10(15)7-14/h1,3,5,10,15H,2,4,6-7,12H2/t10-/m0/s1. The molecule has 1 aromatic heterocycles. The zero-order valence-electron chi connectivity index (χ0n) is 8.97. The number of hydrogen-bond donors (Lipinski definition) is 2. The lowest BCUT2D eigenvalue weighted by Crippen LogP contribution is -2.29. The average molecular weight is 221 g/mol. The Bertz CT molecular complexity index is 395. The number of nitrogens with two attached hydrogens (primary N) is 1. The molecule has 0 aliphatic carbocycles. The third-order valence-corrected chi connectivity index (χ3v) is 2.72. The molecule has 0 aromatic carbocycles. The number of aliphatic hydroxyl groups is 1. The summed E-state index contributed by atoms with van der Waals surface area (Å²) in [5.41, 5.74) is 6.75. The van der Waals surface area contributed by atoms with Crippen LogP contribution >= 0.6 is 0 Å². The van der Waals surface area contributed by atoms with E-state index < -0.39 is 0 Å². The van der Waals surface area contributed by atoms with Crippen LogP contribution in [0.25, 0.3) is 0 Å². The van der Waals surface area contributed by atoms with Crippen molar-refractivity contribution in [3.8, 4) is 0 Å². The number of rotatable bonds is 2. The van der Waals surface area contributed by atoms with Crippen molar-refractivity contribution in [2.75, 3.05) is 13.1 Å². The van der Waals surface area contributed by atoms with E-state index in [1.807, 2.05) is 0 Å². The average Bonchev–Trinajstić information content (AvgIpc) is 2.75. The normalized spacial score (nSPS) is 20.1. The van der Waals surface area contributed by atoms with Gasteiger partial charge in [0.05, 0.1) is 11.8 Å². The lowest BCUT2D eigenvalue weighted by molar-refractivity contribution is 0.0764. The second kappa shape index (κ2) is 4.59. The number of amides is 1. The van der Waals surface area contributed by atoms with Gasteiger partial charge in [0.2, 0.25) is 0 Å². The Morgan fingerprint density at radius 1 is 1.69 bits per heavy atom. The molecule has 0 bridgehead atoms. The zero-order valence-corrected chi connectivity index (χ0v) is 8.97. The molecule has 1 fully saturated rings. The first kappa shape index (κ1) is 11.0. The molecule has 2 rings (SSSR count). The minimum absolute atomic E-state index is 0.0614. The monoisotopic (exact) mass is 221 g/mol. The summed E-state index contributed by atoms with van der Waals surface area (Å²) >= 11 is 0. The highest BCUT2D eigenvalue weighted by Crippen LogP contribution is 2.13. The zero-order chi connectivity index (χ0) is 11.5. The van der Waals surface area contributed by atoms with Gasteiger partial charge in [-0.1, -0.05) is 0 Å². The Morgan fingerprint density at radius 2 is 2.50 bits per heavy atom. The molecule has 0 unspecified atom stereocenters. The maximum absolute atomic E-state index is 12.0. The summed E-state index contributed by atoms with van der Waals surface area (Å²) in [5, 5.41) is 9.37. The van der Waals surface area contributed by atoms with Crippen molar-refractivity contribution < 1.29 is 9.90 Å². The third kappa shape index (κ3) is 2.20. The molecule has 0 saturated carbocycles. The van der Waals surface area contributed by atoms with Gasteiger partial charge in [0.1, 0.15) is 0 Å². The quantitative estimate of drug-likeness (QED) is 0.721. The molecular formula is C11H15N3O2. The van der Waals surface area contributed by atoms with Gasteiger partial charge in [-0.3, -0.25) is 9.78 Å². The van der Waals surface area contributed by atoms with Crippen LogP contribution < -0.4 is 5.73 Å². The third-order valence-electron chi connectivity index (χ3n) is 2.72. The summed E-state index contributed by atoms with van der Waals surface area (Å²) in [6, 6.07) is 3.37. The first-order valence-electron chi connectivity index (χ1n) is 5.33. The molecule has 5 heteroatoms. The maximum Gasteiger partial charge on any atom is 0.254 e. The van der Waals surface area contributed by atoms with Crippen LogP contribution in [0.15, 0.2) is 18.3 Å². The van der Waals surface area contributed by atoms with Gasteiger partial charge in [-0.2, -0.15) is 0 Å². The molecule has 1 aliphatic heterocycles. The number of pyridine rings is 1. The predicted octanol–water partition coefficient (Wildman–Crippen LogP) is -0.253. The summed E-state index contributed by atoms with van der Waals surface area (Å²) in [5.74, 6) is -0.0614. The number of likely N-dealkylation sites (tertiary alicyclic amines) is 1. The fourth-order valence-corrected chi connectivity index (χ4v) is 1.83. The van der Waals surface area contributed by atoms with Crippen molar-refractivity contribution in [3.63, 3.8) is 0 Å². The lowest BCUT2D eigenvalue weighted by Gasteiger charge is -2.15. The van der Waals surface area contributed by atoms with E-state index in [9.17, 15) is 9.90 Å². The van der Waals surface area contributed by atoms with E-state index in [1.54, 1.807) is 23.2 Å². The fourth-order valence-electron chi connectivity index (χ4n) is 1.83. The molecule has 16 heavy (non-hydrogen) atoms. The van der Waals surface area contributed by atoms with Crippen molar-refractivity contribution in [1.82, 2.24) is 9.88 Å². The van der Waals surface area contributed by atoms with Crippen LogP contribution in [0.1, 0.15) is 22.5 Å². The van der Waals surface area contributed by atoms with Crippen LogP contribution in [0.3, 0.4) is 0 Å². The highest BCUT2D eigenvalue weighted by molar-refractivity contribution is 5.94. The minimum Gasteiger partial charge on any atom is -0.391 e. The van der Waals surface area contributed by atoms with Crippen molar-refractivity contribution in [2.45, 2.75) is 19.1 Å². The van der Waals surface area contributed by atoms with E-state index in [-0.39, 0.29) is 12.0 Å². The Balaban J connectivity index is 2.14. The molecule has 1 aromatic rings. The predicted molar refractivity (Wildman–Crippen MR) is 58.7 cm³/mol. The van der Waals surface area contributed by atoms with Gasteiger partial charge in [0.25, 0.3) is 5.91 Å². The van der Waals surface area contributed by atoms with E-state index in [1.165, 1.54) is 0 Å². The SMILES string of the molecule is NCc1cc(C(=O)N2CC[C@H](O)C2)ccn1. The summed E-state index contributed by atoms with van der Waals surface area (Å²) < 4.78 is 0. The molecule has 5 nitrogen and oxygen atoms in total. The highest BCUT2D eigenvalue weighted by atomic mass is 16.3. The number of nitrogens with zero attached hydrogens (tertiary/aromatic N) is 2. The fraction of sp³-hybridized carbons (Fsp3) is 0.455. The molecule has 3 N–H and O–H groups in total. The largest absolute Gasteiger partial charge is 0.391 e. The first-order valence-corrected chi connectivity index (χ1v) is 5.33. The van der Waals surface area contributed by atoms with Crippen LogP contribution in [-0.4, -0.2) is 40.1 Å². The minimum atomic E-state index is -0.389. The van der Waals surface area contributed by atoms with Gasteiger partial charge < -0.3 is 15.7 Å². The van der Waals surface area contributed by atoms with Crippen LogP contribution in [0.2, 0.25) is 0 Å². The number of aliphatic hydroxyl groups excluding tert-OH is 1. The lowest BCUT2D eigenvalue weighted by atomic mass is 10.2. The smallest absolute Gasteiger partial charge is 0.254 e. The highest BCUT2D eigenvalue weighted by Gasteiger charge is 2.25. The topological polar surface area (TPSA) is 79.5 Å². The van der Waals surface area contributed by atoms with E-state index in [0.717, 1.165) is 0 Å². The van der Waals surface area contributed by atoms with Crippen molar-refractivity contribution in [1.29, 1.82) is 0 Å². The van der Waals surface area contributed by atoms with Gasteiger partial charge in [0.15, 0.2) is 0 Å². The number of hydrogen-bond acceptors (Lipinski definition) is 4. The molecule has 1 aliphatic rings. The number of β-amino-alcohol motifs (C(OH)–C–C–N with tert-alkyl or cyclic N) is 1. The second-order valence-electron chi connectivity index (χ2n) is 3.93. The van der Waals surface area contributed by atoms with Crippen molar-refractivity contribution in [2.24, 2.45) is 5.73 Å². The van der Waals surface area contributed by atoms with Crippen LogP contribution in [0.4, 0.5) is 0 Å². The van der Waals surface area contributed by atoms with E-state index in [2.05, 4.69) is 4.98 Å². The molecular weight excluding hydrogens is 206 g/mol. The molecule has 0 spiro atoms. The Hall–Kier alpha value is -1.46. The van der Waals surface area contributed by atoms with Crippen LogP contribution in [0.5, 0.6) is 0 Å². The van der Waals surface area contributed by atoms with Gasteiger partial charge in [0, 0.05) is 31.4 Å². The number of carbonyl (C=O) groups excluding carboxylic acids is 1. The summed E-state index contributed by atoms with van der Waals surface area (Å²) in [7, 11) is 0. The Labute approximate surface area is 93.9 Å². The maximum atomic E-state index is 12.0. The molecule has 1 saturated heterocycles.